The SMILES string of the molecule is O=C(c1c(F)c(F)c(F)c(F)c1F)C(Br)CBr. The third kappa shape index (κ3) is 2.52. The minimum absolute atomic E-state index is 0.0364. The number of alkyl halides is 2. The highest BCUT2D eigenvalue weighted by Gasteiger charge is 2.31. The molecule has 0 aromatic heterocycles. The Balaban J connectivity index is 3.50. The van der Waals surface area contributed by atoms with Crippen LogP contribution in [0.5, 0.6) is 0 Å². The summed E-state index contributed by atoms with van der Waals surface area (Å²) in [5.74, 6) is -12.0. The molecule has 0 heterocycles. The second-order valence-corrected chi connectivity index (χ2v) is 4.68. The summed E-state index contributed by atoms with van der Waals surface area (Å²) in [5.41, 5.74) is -1.44. The van der Waals surface area contributed by atoms with Crippen molar-refractivity contribution < 1.29 is 26.7 Å². The topological polar surface area (TPSA) is 17.1 Å². The van der Waals surface area contributed by atoms with Crippen LogP contribution in [0.25, 0.3) is 0 Å². The van der Waals surface area contributed by atoms with Crippen LogP contribution in [-0.2, 0) is 0 Å². The van der Waals surface area contributed by atoms with Crippen molar-refractivity contribution in [1.29, 1.82) is 0 Å². The lowest BCUT2D eigenvalue weighted by molar-refractivity contribution is 0.0986. The van der Waals surface area contributed by atoms with E-state index in [-0.39, 0.29) is 5.33 Å². The Labute approximate surface area is 109 Å². The summed E-state index contributed by atoms with van der Waals surface area (Å²) in [4.78, 5) is 10.3. The van der Waals surface area contributed by atoms with Crippen molar-refractivity contribution in [3.8, 4) is 0 Å². The van der Waals surface area contributed by atoms with Crippen LogP contribution in [0, 0.1) is 29.1 Å². The van der Waals surface area contributed by atoms with Gasteiger partial charge in [-0.1, -0.05) is 31.9 Å². The van der Waals surface area contributed by atoms with Crippen LogP contribution in [0.2, 0.25) is 0 Å². The Hall–Kier alpha value is -0.500. The van der Waals surface area contributed by atoms with Gasteiger partial charge in [-0.2, -0.15) is 0 Å². The molecule has 0 radical (unpaired) electrons. The molecule has 1 aromatic carbocycles. The maximum absolute atomic E-state index is 13.2. The van der Waals surface area contributed by atoms with Crippen LogP contribution in [0.15, 0.2) is 0 Å². The summed E-state index contributed by atoms with van der Waals surface area (Å²) >= 11 is 5.59. The first-order chi connectivity index (χ1) is 7.82. The van der Waals surface area contributed by atoms with Crippen LogP contribution in [0.3, 0.4) is 0 Å². The highest BCUT2D eigenvalue weighted by Crippen LogP contribution is 2.25. The Kier molecular flexibility index (Phi) is 4.65. The molecule has 1 atom stereocenters. The largest absolute Gasteiger partial charge is 0.293 e. The quantitative estimate of drug-likeness (QED) is 0.256. The summed E-state index contributed by atoms with van der Waals surface area (Å²) in [6.07, 6.45) is 0. The first-order valence-corrected chi connectivity index (χ1v) is 6.12. The van der Waals surface area contributed by atoms with E-state index < -0.39 is 45.3 Å². The highest BCUT2D eigenvalue weighted by molar-refractivity contribution is 9.12. The number of Topliss-reactive ketones (excluding diaryl/α,β-unsaturated/α-hetero) is 1. The zero-order valence-electron chi connectivity index (χ0n) is 7.84. The minimum atomic E-state index is -2.29. The van der Waals surface area contributed by atoms with Gasteiger partial charge >= 0.3 is 0 Å². The fourth-order valence-electron chi connectivity index (χ4n) is 1.05. The van der Waals surface area contributed by atoms with Crippen LogP contribution < -0.4 is 0 Å². The first kappa shape index (κ1) is 14.6. The van der Waals surface area contributed by atoms with Gasteiger partial charge in [-0.3, -0.25) is 4.79 Å². The molecule has 0 aliphatic heterocycles. The molecule has 0 N–H and O–H groups in total. The van der Waals surface area contributed by atoms with Gasteiger partial charge in [-0.25, -0.2) is 22.0 Å². The highest BCUT2D eigenvalue weighted by atomic mass is 79.9. The van der Waals surface area contributed by atoms with E-state index in [1.54, 1.807) is 0 Å². The third-order valence-corrected chi connectivity index (χ3v) is 4.13. The molecule has 0 fully saturated rings. The average Bonchev–Trinajstić information content (AvgIpc) is 2.32. The molecule has 0 aliphatic rings. The Bertz CT molecular complexity index is 448. The molecular weight excluding hydrogens is 379 g/mol. The normalized spacial score (nSPS) is 12.6. The fourth-order valence-corrected chi connectivity index (χ4v) is 1.57. The molecule has 94 valence electrons. The van der Waals surface area contributed by atoms with Crippen LogP contribution in [0.4, 0.5) is 22.0 Å². The Morgan fingerprint density at radius 1 is 0.941 bits per heavy atom. The van der Waals surface area contributed by atoms with Gasteiger partial charge in [0.1, 0.15) is 0 Å². The molecular formula is C9H3Br2F5O. The van der Waals surface area contributed by atoms with Crippen molar-refractivity contribution in [2.45, 2.75) is 4.83 Å². The van der Waals surface area contributed by atoms with E-state index in [1.165, 1.54) is 0 Å². The molecule has 1 aromatic rings. The first-order valence-electron chi connectivity index (χ1n) is 4.08. The number of hydrogen-bond acceptors (Lipinski definition) is 1. The molecule has 0 aliphatic carbocycles. The molecule has 0 saturated heterocycles. The van der Waals surface area contributed by atoms with E-state index in [0.717, 1.165) is 0 Å². The number of carbonyl (C=O) groups is 1. The van der Waals surface area contributed by atoms with Crippen molar-refractivity contribution >= 4 is 37.6 Å². The predicted molar refractivity (Wildman–Crippen MR) is 57.1 cm³/mol. The number of hydrogen-bond donors (Lipinski definition) is 0. The molecule has 1 rings (SSSR count). The summed E-state index contributed by atoms with van der Waals surface area (Å²) in [5, 5.41) is -0.0364. The summed E-state index contributed by atoms with van der Waals surface area (Å²) in [6.45, 7) is 0. The Morgan fingerprint density at radius 2 is 1.29 bits per heavy atom. The third-order valence-electron chi connectivity index (χ3n) is 1.88. The molecule has 0 bridgehead atoms. The van der Waals surface area contributed by atoms with E-state index in [4.69, 9.17) is 0 Å². The van der Waals surface area contributed by atoms with E-state index >= 15 is 0 Å². The maximum Gasteiger partial charge on any atom is 0.200 e. The zero-order chi connectivity index (χ0) is 13.3. The molecule has 1 unspecified atom stereocenters. The van der Waals surface area contributed by atoms with Gasteiger partial charge < -0.3 is 0 Å². The van der Waals surface area contributed by atoms with Crippen molar-refractivity contribution in [3.05, 3.63) is 34.6 Å². The van der Waals surface area contributed by atoms with Gasteiger partial charge in [0, 0.05) is 5.33 Å². The van der Waals surface area contributed by atoms with Gasteiger partial charge in [0.25, 0.3) is 0 Å². The smallest absolute Gasteiger partial charge is 0.200 e. The second-order valence-electron chi connectivity index (χ2n) is 2.93. The second kappa shape index (κ2) is 5.43. The van der Waals surface area contributed by atoms with Crippen LogP contribution >= 0.6 is 31.9 Å². The maximum atomic E-state index is 13.2. The molecule has 8 heteroatoms. The van der Waals surface area contributed by atoms with E-state index in [1.807, 2.05) is 0 Å². The molecule has 0 spiro atoms. The number of rotatable bonds is 3. The van der Waals surface area contributed by atoms with Gasteiger partial charge in [-0.05, 0) is 0 Å². The fraction of sp³-hybridized carbons (Fsp3) is 0.222. The monoisotopic (exact) mass is 380 g/mol. The lowest BCUT2D eigenvalue weighted by Crippen LogP contribution is -2.21. The summed E-state index contributed by atoms with van der Waals surface area (Å²) in [7, 11) is 0. The molecule has 0 amide bonds. The zero-order valence-corrected chi connectivity index (χ0v) is 11.0. The molecule has 17 heavy (non-hydrogen) atoms. The van der Waals surface area contributed by atoms with Crippen molar-refractivity contribution in [1.82, 2.24) is 0 Å². The van der Waals surface area contributed by atoms with Crippen LogP contribution in [-0.4, -0.2) is 15.9 Å². The summed E-state index contributed by atoms with van der Waals surface area (Å²) in [6, 6.07) is 0. The minimum Gasteiger partial charge on any atom is -0.293 e. The molecule has 1 nitrogen and oxygen atoms in total. The lowest BCUT2D eigenvalue weighted by atomic mass is 10.1. The number of ketones is 1. The standard InChI is InChI=1S/C9H3Br2F5O/c10-1-2(11)9(17)3-4(12)6(14)8(16)7(15)5(3)13/h2H,1H2. The van der Waals surface area contributed by atoms with E-state index in [9.17, 15) is 26.7 Å². The number of carbonyl (C=O) groups excluding carboxylic acids is 1. The van der Waals surface area contributed by atoms with Gasteiger partial charge in [-0.15, -0.1) is 0 Å². The lowest BCUT2D eigenvalue weighted by Gasteiger charge is -2.09. The number of benzene rings is 1. The van der Waals surface area contributed by atoms with Crippen molar-refractivity contribution in [2.75, 3.05) is 5.33 Å². The number of halogens is 7. The van der Waals surface area contributed by atoms with Crippen molar-refractivity contribution in [3.63, 3.8) is 0 Å². The summed E-state index contributed by atoms with van der Waals surface area (Å²) < 4.78 is 64.6. The molecule has 0 saturated carbocycles. The van der Waals surface area contributed by atoms with Gasteiger partial charge in [0.05, 0.1) is 10.4 Å². The van der Waals surface area contributed by atoms with Gasteiger partial charge in [0.2, 0.25) is 5.82 Å². The average molecular weight is 382 g/mol. The predicted octanol–water partition coefficient (Wildman–Crippen LogP) is 3.72. The Morgan fingerprint density at radius 3 is 1.65 bits per heavy atom. The van der Waals surface area contributed by atoms with E-state index in [2.05, 4.69) is 31.9 Å². The van der Waals surface area contributed by atoms with E-state index in [0.29, 0.717) is 0 Å². The van der Waals surface area contributed by atoms with Crippen molar-refractivity contribution in [2.24, 2.45) is 0 Å². The van der Waals surface area contributed by atoms with Crippen LogP contribution in [0.1, 0.15) is 10.4 Å². The van der Waals surface area contributed by atoms with Gasteiger partial charge in [0.15, 0.2) is 29.1 Å².